The summed E-state index contributed by atoms with van der Waals surface area (Å²) in [6, 6.07) is 3.43. The van der Waals surface area contributed by atoms with E-state index in [1.54, 1.807) is 24.6 Å². The van der Waals surface area contributed by atoms with Gasteiger partial charge in [-0.1, -0.05) is 0 Å². The summed E-state index contributed by atoms with van der Waals surface area (Å²) in [6.45, 7) is 0. The van der Waals surface area contributed by atoms with Crippen LogP contribution in [-0.2, 0) is 6.42 Å². The van der Waals surface area contributed by atoms with E-state index in [2.05, 4.69) is 10.2 Å². The van der Waals surface area contributed by atoms with Crippen molar-refractivity contribution in [3.05, 3.63) is 23.3 Å². The molecule has 1 aromatic carbocycles. The molecule has 0 fully saturated rings. The highest BCUT2D eigenvalue weighted by atomic mass is 16.5. The van der Waals surface area contributed by atoms with Gasteiger partial charge in [0, 0.05) is 18.2 Å². The summed E-state index contributed by atoms with van der Waals surface area (Å²) in [6.07, 6.45) is 4.03. The fraction of sp³-hybridized carbons (Fsp3) is 0.200. The average molecular weight is 190 g/mol. The molecule has 0 aliphatic carbocycles. The molecular weight excluding hydrogens is 180 g/mol. The molecule has 1 heterocycles. The summed E-state index contributed by atoms with van der Waals surface area (Å²) in [7, 11) is 1.52. The normalized spacial score (nSPS) is 13.5. The lowest BCUT2D eigenvalue weighted by Crippen LogP contribution is -1.94. The van der Waals surface area contributed by atoms with Gasteiger partial charge in [0.2, 0.25) is 0 Å². The maximum Gasteiger partial charge on any atom is 0.161 e. The first kappa shape index (κ1) is 8.74. The standard InChI is InChI=1S/C10H10N2O2/c1-14-10-5-8-6-12-11-3-2-7(8)4-9(10)13/h3-6,13H,2H2,1H3. The van der Waals surface area contributed by atoms with Gasteiger partial charge in [0.25, 0.3) is 0 Å². The van der Waals surface area contributed by atoms with Crippen LogP contribution in [0.1, 0.15) is 11.1 Å². The predicted octanol–water partition coefficient (Wildman–Crippen LogP) is 1.36. The number of hydrogen-bond donors (Lipinski definition) is 1. The summed E-state index contributed by atoms with van der Waals surface area (Å²) in [4.78, 5) is 0. The molecule has 0 bridgehead atoms. The average Bonchev–Trinajstić information content (AvgIpc) is 2.41. The molecular formula is C10H10N2O2. The molecule has 4 heteroatoms. The zero-order valence-electron chi connectivity index (χ0n) is 7.77. The molecule has 1 aromatic rings. The van der Waals surface area contributed by atoms with Crippen LogP contribution in [0.2, 0.25) is 0 Å². The lowest BCUT2D eigenvalue weighted by molar-refractivity contribution is 0.373. The number of fused-ring (bicyclic) bond motifs is 1. The Bertz CT molecular complexity index is 411. The molecule has 0 atom stereocenters. The van der Waals surface area contributed by atoms with Crippen LogP contribution in [0.5, 0.6) is 11.5 Å². The quantitative estimate of drug-likeness (QED) is 0.727. The third-order valence-electron chi connectivity index (χ3n) is 2.10. The first-order valence-electron chi connectivity index (χ1n) is 4.26. The number of phenolic OH excluding ortho intramolecular Hbond substituents is 1. The van der Waals surface area contributed by atoms with Crippen LogP contribution in [0.4, 0.5) is 0 Å². The molecule has 0 spiro atoms. The Balaban J connectivity index is 2.53. The van der Waals surface area contributed by atoms with Gasteiger partial charge in [0.1, 0.15) is 0 Å². The third kappa shape index (κ3) is 1.46. The highest BCUT2D eigenvalue weighted by Gasteiger charge is 2.08. The fourth-order valence-corrected chi connectivity index (χ4v) is 1.37. The van der Waals surface area contributed by atoms with Crippen molar-refractivity contribution in [2.75, 3.05) is 7.11 Å². The Morgan fingerprint density at radius 1 is 1.36 bits per heavy atom. The lowest BCUT2D eigenvalue weighted by atomic mass is 10.0. The smallest absolute Gasteiger partial charge is 0.161 e. The van der Waals surface area contributed by atoms with Gasteiger partial charge in [-0.2, -0.15) is 10.2 Å². The third-order valence-corrected chi connectivity index (χ3v) is 2.10. The van der Waals surface area contributed by atoms with Crippen molar-refractivity contribution in [2.45, 2.75) is 6.42 Å². The number of nitrogens with zero attached hydrogens (tertiary/aromatic N) is 2. The van der Waals surface area contributed by atoms with Crippen molar-refractivity contribution in [2.24, 2.45) is 10.2 Å². The molecule has 4 nitrogen and oxygen atoms in total. The van der Waals surface area contributed by atoms with E-state index in [-0.39, 0.29) is 5.75 Å². The molecule has 0 amide bonds. The van der Waals surface area contributed by atoms with Crippen molar-refractivity contribution in [3.63, 3.8) is 0 Å². The van der Waals surface area contributed by atoms with Gasteiger partial charge in [-0.25, -0.2) is 0 Å². The van der Waals surface area contributed by atoms with E-state index in [0.29, 0.717) is 12.2 Å². The van der Waals surface area contributed by atoms with E-state index in [0.717, 1.165) is 11.1 Å². The SMILES string of the molecule is COc1cc2c(cc1O)CC=NN=C2. The summed E-state index contributed by atoms with van der Waals surface area (Å²) in [5.74, 6) is 0.604. The first-order valence-corrected chi connectivity index (χ1v) is 4.26. The summed E-state index contributed by atoms with van der Waals surface area (Å²) in [5, 5.41) is 17.2. The van der Waals surface area contributed by atoms with Gasteiger partial charge in [-0.15, -0.1) is 0 Å². The summed E-state index contributed by atoms with van der Waals surface area (Å²) < 4.78 is 5.00. The molecule has 2 rings (SSSR count). The van der Waals surface area contributed by atoms with E-state index < -0.39 is 0 Å². The molecule has 1 aliphatic heterocycles. The minimum Gasteiger partial charge on any atom is -0.504 e. The van der Waals surface area contributed by atoms with Crippen LogP contribution in [0.3, 0.4) is 0 Å². The minimum atomic E-state index is 0.148. The fourth-order valence-electron chi connectivity index (χ4n) is 1.37. The van der Waals surface area contributed by atoms with E-state index in [9.17, 15) is 5.11 Å². The molecule has 1 aliphatic rings. The predicted molar refractivity (Wildman–Crippen MR) is 54.4 cm³/mol. The van der Waals surface area contributed by atoms with Crippen LogP contribution >= 0.6 is 0 Å². The number of phenols is 1. The first-order chi connectivity index (χ1) is 6.81. The number of aromatic hydroxyl groups is 1. The Labute approximate surface area is 81.6 Å². The van der Waals surface area contributed by atoms with Crippen molar-refractivity contribution in [3.8, 4) is 11.5 Å². The Kier molecular flexibility index (Phi) is 2.18. The maximum absolute atomic E-state index is 9.54. The molecule has 0 radical (unpaired) electrons. The number of hydrogen-bond acceptors (Lipinski definition) is 4. The zero-order valence-corrected chi connectivity index (χ0v) is 7.77. The second-order valence-corrected chi connectivity index (χ2v) is 2.97. The van der Waals surface area contributed by atoms with Gasteiger partial charge >= 0.3 is 0 Å². The number of benzene rings is 1. The monoisotopic (exact) mass is 190 g/mol. The van der Waals surface area contributed by atoms with Crippen molar-refractivity contribution in [1.82, 2.24) is 0 Å². The van der Waals surface area contributed by atoms with Crippen LogP contribution in [0.25, 0.3) is 0 Å². The molecule has 1 N–H and O–H groups in total. The van der Waals surface area contributed by atoms with Crippen molar-refractivity contribution < 1.29 is 9.84 Å². The van der Waals surface area contributed by atoms with Crippen LogP contribution < -0.4 is 4.74 Å². The Hall–Kier alpha value is -1.84. The number of ether oxygens (including phenoxy) is 1. The Morgan fingerprint density at radius 2 is 2.21 bits per heavy atom. The van der Waals surface area contributed by atoms with Crippen molar-refractivity contribution in [1.29, 1.82) is 0 Å². The van der Waals surface area contributed by atoms with Crippen LogP contribution in [0.15, 0.2) is 22.3 Å². The van der Waals surface area contributed by atoms with Crippen LogP contribution in [0, 0.1) is 0 Å². The number of methoxy groups -OCH3 is 1. The zero-order chi connectivity index (χ0) is 9.97. The van der Waals surface area contributed by atoms with Gasteiger partial charge in [-0.3, -0.25) is 0 Å². The van der Waals surface area contributed by atoms with E-state index in [1.807, 2.05) is 0 Å². The van der Waals surface area contributed by atoms with Crippen molar-refractivity contribution >= 4 is 12.4 Å². The summed E-state index contributed by atoms with van der Waals surface area (Å²) >= 11 is 0. The molecule has 0 aromatic heterocycles. The number of rotatable bonds is 1. The van der Waals surface area contributed by atoms with Gasteiger partial charge in [-0.05, 0) is 17.7 Å². The molecule has 0 unspecified atom stereocenters. The van der Waals surface area contributed by atoms with Gasteiger partial charge in [0.05, 0.1) is 13.3 Å². The largest absolute Gasteiger partial charge is 0.504 e. The molecule has 0 saturated heterocycles. The van der Waals surface area contributed by atoms with Gasteiger partial charge in [0.15, 0.2) is 11.5 Å². The van der Waals surface area contributed by atoms with Gasteiger partial charge < -0.3 is 9.84 Å². The molecule has 14 heavy (non-hydrogen) atoms. The van der Waals surface area contributed by atoms with E-state index in [4.69, 9.17) is 4.74 Å². The topological polar surface area (TPSA) is 54.2 Å². The molecule has 0 saturated carbocycles. The second-order valence-electron chi connectivity index (χ2n) is 2.97. The molecule has 72 valence electrons. The highest BCUT2D eigenvalue weighted by Crippen LogP contribution is 2.29. The van der Waals surface area contributed by atoms with Crippen LogP contribution in [-0.4, -0.2) is 24.6 Å². The minimum absolute atomic E-state index is 0.148. The highest BCUT2D eigenvalue weighted by molar-refractivity contribution is 5.86. The van der Waals surface area contributed by atoms with E-state index in [1.165, 1.54) is 7.11 Å². The van der Waals surface area contributed by atoms with E-state index >= 15 is 0 Å². The maximum atomic E-state index is 9.54. The lowest BCUT2D eigenvalue weighted by Gasteiger charge is -2.07. The second kappa shape index (κ2) is 3.49. The summed E-state index contributed by atoms with van der Waals surface area (Å²) in [5.41, 5.74) is 1.92. The Morgan fingerprint density at radius 3 is 3.00 bits per heavy atom.